The first kappa shape index (κ1) is 10.9. The van der Waals surface area contributed by atoms with Crippen molar-refractivity contribution in [3.8, 4) is 0 Å². The molecule has 90 valence electrons. The van der Waals surface area contributed by atoms with Gasteiger partial charge in [-0.2, -0.15) is 0 Å². The van der Waals surface area contributed by atoms with E-state index in [1.165, 1.54) is 17.7 Å². The lowest BCUT2D eigenvalue weighted by atomic mass is 9.70. The van der Waals surface area contributed by atoms with Crippen molar-refractivity contribution in [1.29, 1.82) is 0 Å². The predicted molar refractivity (Wildman–Crippen MR) is 73.3 cm³/mol. The van der Waals surface area contributed by atoms with Crippen molar-refractivity contribution in [2.45, 2.75) is 39.2 Å². The third kappa shape index (κ3) is 1.69. The second-order valence-electron chi connectivity index (χ2n) is 6.43. The zero-order valence-electron chi connectivity index (χ0n) is 10.9. The first-order valence-electron chi connectivity index (χ1n) is 6.59. The number of benzene rings is 1. The monoisotopic (exact) mass is 227 g/mol. The lowest BCUT2D eigenvalue weighted by molar-refractivity contribution is 0.242. The third-order valence-electron chi connectivity index (χ3n) is 4.21. The molecule has 1 aliphatic heterocycles. The van der Waals surface area contributed by atoms with Gasteiger partial charge < -0.3 is 5.32 Å². The van der Waals surface area contributed by atoms with E-state index in [0.717, 1.165) is 5.92 Å². The Labute approximate surface area is 104 Å². The summed E-state index contributed by atoms with van der Waals surface area (Å²) in [4.78, 5) is 0. The quantitative estimate of drug-likeness (QED) is 0.655. The number of para-hydroxylation sites is 1. The van der Waals surface area contributed by atoms with Crippen LogP contribution in [0.5, 0.6) is 0 Å². The molecule has 1 aromatic carbocycles. The maximum Gasteiger partial charge on any atom is 0.0381 e. The van der Waals surface area contributed by atoms with Gasteiger partial charge in [-0.15, -0.1) is 0 Å². The number of nitrogens with one attached hydrogen (secondary N) is 1. The van der Waals surface area contributed by atoms with Crippen molar-refractivity contribution in [3.05, 3.63) is 42.0 Å². The molecule has 0 amide bonds. The van der Waals surface area contributed by atoms with Crippen LogP contribution in [0.4, 0.5) is 5.69 Å². The fourth-order valence-corrected chi connectivity index (χ4v) is 3.40. The van der Waals surface area contributed by atoms with Crippen LogP contribution in [0.1, 0.15) is 38.7 Å². The largest absolute Gasteiger partial charge is 0.381 e. The molecule has 0 unspecified atom stereocenters. The highest BCUT2D eigenvalue weighted by atomic mass is 15.0. The van der Waals surface area contributed by atoms with Gasteiger partial charge in [0.2, 0.25) is 0 Å². The Morgan fingerprint density at radius 1 is 1.18 bits per heavy atom. The van der Waals surface area contributed by atoms with Crippen LogP contribution < -0.4 is 5.32 Å². The van der Waals surface area contributed by atoms with Crippen molar-refractivity contribution in [2.75, 3.05) is 5.32 Å². The first-order chi connectivity index (χ1) is 8.07. The van der Waals surface area contributed by atoms with Crippen molar-refractivity contribution in [3.63, 3.8) is 0 Å². The lowest BCUT2D eigenvalue weighted by Crippen LogP contribution is -2.44. The summed E-state index contributed by atoms with van der Waals surface area (Å²) >= 11 is 0. The van der Waals surface area contributed by atoms with Gasteiger partial charge >= 0.3 is 0 Å². The summed E-state index contributed by atoms with van der Waals surface area (Å²) < 4.78 is 0. The van der Waals surface area contributed by atoms with E-state index in [2.05, 4.69) is 62.5 Å². The summed E-state index contributed by atoms with van der Waals surface area (Å²) in [5.74, 6) is 1.35. The number of rotatable bonds is 0. The third-order valence-corrected chi connectivity index (χ3v) is 4.21. The smallest absolute Gasteiger partial charge is 0.0381 e. The van der Waals surface area contributed by atoms with Gasteiger partial charge in [0.1, 0.15) is 0 Å². The van der Waals surface area contributed by atoms with Crippen LogP contribution >= 0.6 is 0 Å². The molecule has 0 bridgehead atoms. The van der Waals surface area contributed by atoms with Crippen LogP contribution in [0.3, 0.4) is 0 Å². The van der Waals surface area contributed by atoms with Gasteiger partial charge in [-0.3, -0.25) is 0 Å². The Morgan fingerprint density at radius 2 is 1.94 bits per heavy atom. The van der Waals surface area contributed by atoms with E-state index in [1.54, 1.807) is 0 Å². The molecule has 1 nitrogen and oxygen atoms in total. The van der Waals surface area contributed by atoms with Crippen LogP contribution in [0.2, 0.25) is 0 Å². The summed E-state index contributed by atoms with van der Waals surface area (Å²) in [6.45, 7) is 7.02. The van der Waals surface area contributed by atoms with Crippen LogP contribution in [0.15, 0.2) is 36.4 Å². The van der Waals surface area contributed by atoms with E-state index in [0.29, 0.717) is 17.4 Å². The van der Waals surface area contributed by atoms with Gasteiger partial charge in [0.05, 0.1) is 0 Å². The van der Waals surface area contributed by atoms with Gasteiger partial charge in [-0.25, -0.2) is 0 Å². The molecule has 1 aromatic rings. The Hall–Kier alpha value is -1.24. The minimum Gasteiger partial charge on any atom is -0.381 e. The van der Waals surface area contributed by atoms with E-state index in [4.69, 9.17) is 0 Å². The second-order valence-corrected chi connectivity index (χ2v) is 6.43. The number of allylic oxidation sites excluding steroid dienone is 2. The molecule has 3 atom stereocenters. The summed E-state index contributed by atoms with van der Waals surface area (Å²) in [5, 5.41) is 3.77. The van der Waals surface area contributed by atoms with E-state index in [-0.39, 0.29) is 0 Å². The zero-order chi connectivity index (χ0) is 12.0. The molecule has 0 spiro atoms. The highest BCUT2D eigenvalue weighted by Crippen LogP contribution is 2.48. The highest BCUT2D eigenvalue weighted by Gasteiger charge is 2.41. The molecule has 2 aliphatic rings. The van der Waals surface area contributed by atoms with Gasteiger partial charge in [0.25, 0.3) is 0 Å². The minimum atomic E-state index is 0.308. The zero-order valence-corrected chi connectivity index (χ0v) is 10.9. The normalized spacial score (nSPS) is 30.6. The SMILES string of the molecule is CC(C)(C)[C@@H]1Nc2ccccc2[C@@H]2C=CC[C@H]12. The molecule has 1 N–H and O–H groups in total. The molecule has 17 heavy (non-hydrogen) atoms. The Morgan fingerprint density at radius 3 is 2.71 bits per heavy atom. The van der Waals surface area contributed by atoms with Gasteiger partial charge in [0, 0.05) is 17.6 Å². The van der Waals surface area contributed by atoms with E-state index in [1.807, 2.05) is 0 Å². The summed E-state index contributed by atoms with van der Waals surface area (Å²) in [6.07, 6.45) is 5.98. The molecule has 1 heteroatoms. The average Bonchev–Trinajstić information content (AvgIpc) is 2.75. The van der Waals surface area contributed by atoms with Gasteiger partial charge in [-0.05, 0) is 29.4 Å². The van der Waals surface area contributed by atoms with Crippen molar-refractivity contribution in [2.24, 2.45) is 11.3 Å². The maximum atomic E-state index is 3.77. The minimum absolute atomic E-state index is 0.308. The van der Waals surface area contributed by atoms with Crippen LogP contribution in [0, 0.1) is 11.3 Å². The summed E-state index contributed by atoms with van der Waals surface area (Å²) in [7, 11) is 0. The van der Waals surface area contributed by atoms with Crippen LogP contribution in [0.25, 0.3) is 0 Å². The molecule has 1 aliphatic carbocycles. The second kappa shape index (κ2) is 3.63. The number of hydrogen-bond acceptors (Lipinski definition) is 1. The summed E-state index contributed by atoms with van der Waals surface area (Å²) in [6, 6.07) is 9.34. The Balaban J connectivity index is 2.06. The topological polar surface area (TPSA) is 12.0 Å². The molecular weight excluding hydrogens is 206 g/mol. The molecule has 3 rings (SSSR count). The molecule has 0 saturated carbocycles. The predicted octanol–water partition coefficient (Wildman–Crippen LogP) is 4.19. The molecular formula is C16H21N. The Kier molecular flexibility index (Phi) is 2.32. The van der Waals surface area contributed by atoms with Crippen molar-refractivity contribution >= 4 is 5.69 Å². The van der Waals surface area contributed by atoms with Gasteiger partial charge in [0.15, 0.2) is 0 Å². The van der Waals surface area contributed by atoms with Crippen LogP contribution in [-0.4, -0.2) is 6.04 Å². The average molecular weight is 227 g/mol. The van der Waals surface area contributed by atoms with Crippen molar-refractivity contribution in [1.82, 2.24) is 0 Å². The van der Waals surface area contributed by atoms with Gasteiger partial charge in [-0.1, -0.05) is 51.1 Å². The fraction of sp³-hybridized carbons (Fsp3) is 0.500. The Bertz CT molecular complexity index is 453. The number of hydrogen-bond donors (Lipinski definition) is 1. The highest BCUT2D eigenvalue weighted by molar-refractivity contribution is 5.58. The molecule has 0 fully saturated rings. The maximum absolute atomic E-state index is 3.77. The first-order valence-corrected chi connectivity index (χ1v) is 6.59. The number of anilines is 1. The lowest BCUT2D eigenvalue weighted by Gasteiger charge is -2.44. The molecule has 0 aromatic heterocycles. The van der Waals surface area contributed by atoms with E-state index < -0.39 is 0 Å². The summed E-state index contributed by atoms with van der Waals surface area (Å²) in [5.41, 5.74) is 3.12. The number of fused-ring (bicyclic) bond motifs is 3. The van der Waals surface area contributed by atoms with E-state index in [9.17, 15) is 0 Å². The van der Waals surface area contributed by atoms with Crippen LogP contribution in [-0.2, 0) is 0 Å². The van der Waals surface area contributed by atoms with Crippen molar-refractivity contribution < 1.29 is 0 Å². The molecule has 0 radical (unpaired) electrons. The standard InChI is InChI=1S/C16H21N/c1-16(2,3)15-13-9-6-8-11(13)12-7-4-5-10-14(12)17-15/h4-8,10-11,13,15,17H,9H2,1-3H3/t11-,13-,15+/m0/s1. The van der Waals surface area contributed by atoms with E-state index >= 15 is 0 Å². The molecule has 0 saturated heterocycles. The molecule has 1 heterocycles. The fourth-order valence-electron chi connectivity index (χ4n) is 3.40.